The predicted molar refractivity (Wildman–Crippen MR) is 83.7 cm³/mol. The highest BCUT2D eigenvalue weighted by molar-refractivity contribution is 9.10. The lowest BCUT2D eigenvalue weighted by Crippen LogP contribution is -2.07. The van der Waals surface area contributed by atoms with Gasteiger partial charge in [0.15, 0.2) is 0 Å². The molecule has 0 radical (unpaired) electrons. The van der Waals surface area contributed by atoms with E-state index < -0.39 is 0 Å². The van der Waals surface area contributed by atoms with Gasteiger partial charge in [-0.15, -0.1) is 0 Å². The molecule has 2 rings (SSSR count). The fourth-order valence-electron chi connectivity index (χ4n) is 1.67. The summed E-state index contributed by atoms with van der Waals surface area (Å²) in [6.45, 7) is 1.55. The molecule has 3 N–H and O–H groups in total. The first-order chi connectivity index (χ1) is 9.79. The highest BCUT2D eigenvalue weighted by Gasteiger charge is 2.01. The molecular weight excluding hydrogens is 320 g/mol. The molecule has 1 heterocycles. The maximum Gasteiger partial charge on any atom is 0.131 e. The monoisotopic (exact) mass is 336 g/mol. The number of aliphatic hydroxyl groups is 1. The summed E-state index contributed by atoms with van der Waals surface area (Å²) in [5.41, 5.74) is 1.17. The molecule has 2 aromatic rings. The second-order valence-corrected chi connectivity index (χ2v) is 5.09. The number of hydrogen-bond acceptors (Lipinski definition) is 5. The van der Waals surface area contributed by atoms with Gasteiger partial charge in [-0.3, -0.25) is 0 Å². The standard InChI is InChI=1S/C14H17BrN4O/c15-12-5-2-1-4-11(12)9-17-14-8-13(18-10-19-14)16-6-3-7-20/h1-2,4-5,8,10,20H,3,6-7,9H2,(H2,16,17,18,19). The highest BCUT2D eigenvalue weighted by atomic mass is 79.9. The number of benzene rings is 1. The van der Waals surface area contributed by atoms with Gasteiger partial charge < -0.3 is 15.7 Å². The van der Waals surface area contributed by atoms with E-state index in [1.807, 2.05) is 24.3 Å². The summed E-state index contributed by atoms with van der Waals surface area (Å²) < 4.78 is 1.07. The van der Waals surface area contributed by atoms with Gasteiger partial charge >= 0.3 is 0 Å². The van der Waals surface area contributed by atoms with E-state index in [4.69, 9.17) is 5.11 Å². The fourth-order valence-corrected chi connectivity index (χ4v) is 2.10. The van der Waals surface area contributed by atoms with Crippen LogP contribution in [-0.2, 0) is 6.54 Å². The van der Waals surface area contributed by atoms with Crippen molar-refractivity contribution in [2.45, 2.75) is 13.0 Å². The van der Waals surface area contributed by atoms with Crippen LogP contribution in [0.15, 0.2) is 41.1 Å². The lowest BCUT2D eigenvalue weighted by Gasteiger charge is -2.09. The van der Waals surface area contributed by atoms with Gasteiger partial charge in [-0.1, -0.05) is 34.1 Å². The van der Waals surface area contributed by atoms with Crippen LogP contribution < -0.4 is 10.6 Å². The van der Waals surface area contributed by atoms with Crippen molar-refractivity contribution >= 4 is 27.6 Å². The van der Waals surface area contributed by atoms with Gasteiger partial charge in [-0.05, 0) is 18.1 Å². The summed E-state index contributed by atoms with van der Waals surface area (Å²) in [5, 5.41) is 15.1. The topological polar surface area (TPSA) is 70.1 Å². The maximum atomic E-state index is 8.75. The Kier molecular flexibility index (Phi) is 5.76. The third kappa shape index (κ3) is 4.47. The summed E-state index contributed by atoms with van der Waals surface area (Å²) in [7, 11) is 0. The summed E-state index contributed by atoms with van der Waals surface area (Å²) in [4.78, 5) is 8.32. The SMILES string of the molecule is OCCCNc1cc(NCc2ccccc2Br)ncn1. The third-order valence-corrected chi connectivity index (χ3v) is 3.50. The zero-order chi connectivity index (χ0) is 14.2. The molecule has 0 aliphatic rings. The van der Waals surface area contributed by atoms with Crippen LogP contribution >= 0.6 is 15.9 Å². The molecule has 0 aliphatic carbocycles. The Labute approximate surface area is 126 Å². The molecule has 0 amide bonds. The van der Waals surface area contributed by atoms with Crippen molar-refractivity contribution in [1.29, 1.82) is 0 Å². The lowest BCUT2D eigenvalue weighted by molar-refractivity contribution is 0.292. The van der Waals surface area contributed by atoms with E-state index in [9.17, 15) is 0 Å². The molecule has 0 fully saturated rings. The van der Waals surface area contributed by atoms with E-state index in [1.165, 1.54) is 11.9 Å². The van der Waals surface area contributed by atoms with Gasteiger partial charge in [0.05, 0.1) is 0 Å². The number of aromatic nitrogens is 2. The van der Waals surface area contributed by atoms with Crippen LogP contribution in [0.25, 0.3) is 0 Å². The van der Waals surface area contributed by atoms with E-state index in [0.29, 0.717) is 19.5 Å². The molecule has 1 aromatic heterocycles. The van der Waals surface area contributed by atoms with Gasteiger partial charge in [0.1, 0.15) is 18.0 Å². The zero-order valence-corrected chi connectivity index (χ0v) is 12.6. The van der Waals surface area contributed by atoms with Crippen LogP contribution in [0.1, 0.15) is 12.0 Å². The highest BCUT2D eigenvalue weighted by Crippen LogP contribution is 2.17. The quantitative estimate of drug-likeness (QED) is 0.678. The minimum atomic E-state index is 0.172. The number of nitrogens with one attached hydrogen (secondary N) is 2. The number of nitrogens with zero attached hydrogens (tertiary/aromatic N) is 2. The smallest absolute Gasteiger partial charge is 0.131 e. The van der Waals surface area contributed by atoms with E-state index in [1.54, 1.807) is 0 Å². The van der Waals surface area contributed by atoms with Crippen LogP contribution in [0.5, 0.6) is 0 Å². The van der Waals surface area contributed by atoms with E-state index in [-0.39, 0.29) is 6.61 Å². The second kappa shape index (κ2) is 7.81. The molecule has 1 aromatic carbocycles. The van der Waals surface area contributed by atoms with Crippen LogP contribution in [-0.4, -0.2) is 28.2 Å². The van der Waals surface area contributed by atoms with Crippen molar-refractivity contribution in [3.8, 4) is 0 Å². The Bertz CT molecular complexity index is 550. The number of anilines is 2. The zero-order valence-electron chi connectivity index (χ0n) is 11.0. The first-order valence-electron chi connectivity index (χ1n) is 6.43. The average molecular weight is 337 g/mol. The van der Waals surface area contributed by atoms with Crippen molar-refractivity contribution in [2.24, 2.45) is 0 Å². The summed E-state index contributed by atoms with van der Waals surface area (Å²) in [6, 6.07) is 9.91. The summed E-state index contributed by atoms with van der Waals surface area (Å²) >= 11 is 3.52. The van der Waals surface area contributed by atoms with E-state index in [2.05, 4.69) is 42.6 Å². The minimum absolute atomic E-state index is 0.172. The predicted octanol–water partition coefficient (Wildman–Crippen LogP) is 2.65. The Hall–Kier alpha value is -1.66. The van der Waals surface area contributed by atoms with Gasteiger partial charge in [-0.2, -0.15) is 0 Å². The van der Waals surface area contributed by atoms with Gasteiger partial charge in [0.25, 0.3) is 0 Å². The maximum absolute atomic E-state index is 8.75. The molecule has 0 atom stereocenters. The van der Waals surface area contributed by atoms with Crippen LogP contribution in [0.4, 0.5) is 11.6 Å². The largest absolute Gasteiger partial charge is 0.396 e. The average Bonchev–Trinajstić information content (AvgIpc) is 2.47. The Balaban J connectivity index is 1.93. The molecule has 5 nitrogen and oxygen atoms in total. The van der Waals surface area contributed by atoms with Crippen molar-refractivity contribution < 1.29 is 5.11 Å². The van der Waals surface area contributed by atoms with Crippen molar-refractivity contribution in [3.63, 3.8) is 0 Å². The molecule has 0 saturated heterocycles. The lowest BCUT2D eigenvalue weighted by atomic mass is 10.2. The molecule has 6 heteroatoms. The molecule has 0 unspecified atom stereocenters. The summed E-state index contributed by atoms with van der Waals surface area (Å²) in [5.74, 6) is 1.52. The first kappa shape index (κ1) is 14.7. The van der Waals surface area contributed by atoms with Crippen LogP contribution in [0, 0.1) is 0 Å². The molecule has 106 valence electrons. The Morgan fingerprint density at radius 1 is 1.10 bits per heavy atom. The Morgan fingerprint density at radius 3 is 2.60 bits per heavy atom. The number of hydrogen-bond donors (Lipinski definition) is 3. The fraction of sp³-hybridized carbons (Fsp3) is 0.286. The second-order valence-electron chi connectivity index (χ2n) is 4.24. The van der Waals surface area contributed by atoms with E-state index >= 15 is 0 Å². The van der Waals surface area contributed by atoms with Gasteiger partial charge in [-0.25, -0.2) is 9.97 Å². The molecule has 0 aliphatic heterocycles. The molecule has 0 saturated carbocycles. The van der Waals surface area contributed by atoms with Crippen molar-refractivity contribution in [3.05, 3.63) is 46.7 Å². The molecular formula is C14H17BrN4O. The first-order valence-corrected chi connectivity index (χ1v) is 7.23. The molecule has 0 spiro atoms. The normalized spacial score (nSPS) is 10.3. The summed E-state index contributed by atoms with van der Waals surface area (Å²) in [6.07, 6.45) is 2.22. The van der Waals surface area contributed by atoms with Crippen molar-refractivity contribution in [2.75, 3.05) is 23.8 Å². The van der Waals surface area contributed by atoms with Gasteiger partial charge in [0.2, 0.25) is 0 Å². The van der Waals surface area contributed by atoms with Crippen molar-refractivity contribution in [1.82, 2.24) is 9.97 Å². The van der Waals surface area contributed by atoms with E-state index in [0.717, 1.165) is 16.1 Å². The number of halogens is 1. The minimum Gasteiger partial charge on any atom is -0.396 e. The van der Waals surface area contributed by atoms with Crippen LogP contribution in [0.2, 0.25) is 0 Å². The van der Waals surface area contributed by atoms with Crippen LogP contribution in [0.3, 0.4) is 0 Å². The molecule has 20 heavy (non-hydrogen) atoms. The van der Waals surface area contributed by atoms with Gasteiger partial charge in [0, 0.05) is 30.2 Å². The number of aliphatic hydroxyl groups excluding tert-OH is 1. The number of rotatable bonds is 7. The third-order valence-electron chi connectivity index (χ3n) is 2.73. The Morgan fingerprint density at radius 2 is 1.85 bits per heavy atom. The molecule has 0 bridgehead atoms.